The van der Waals surface area contributed by atoms with Crippen molar-refractivity contribution in [2.45, 2.75) is 6.92 Å². The molecule has 0 bridgehead atoms. The van der Waals surface area contributed by atoms with Crippen LogP contribution in [0, 0.1) is 18.3 Å². The van der Waals surface area contributed by atoms with Crippen LogP contribution in [0.2, 0.25) is 5.02 Å². The number of nitrogens with one attached hydrogen (secondary N) is 2. The minimum Gasteiger partial charge on any atom is -0.320 e. The number of aromatic nitrogens is 3. The molecule has 0 aliphatic heterocycles. The Morgan fingerprint density at radius 1 is 1.42 bits per heavy atom. The molecule has 0 spiro atoms. The number of H-pyrrole nitrogens is 1. The fraction of sp³-hybridized carbons (Fsp3) is 0.0588. The van der Waals surface area contributed by atoms with Gasteiger partial charge in [0.25, 0.3) is 0 Å². The highest BCUT2D eigenvalue weighted by atomic mass is 35.5. The number of pyridine rings is 1. The van der Waals surface area contributed by atoms with E-state index >= 15 is 0 Å². The quantitative estimate of drug-likeness (QED) is 0.716. The molecule has 0 radical (unpaired) electrons. The minimum absolute atomic E-state index is 0.106. The first-order chi connectivity index (χ1) is 11.6. The van der Waals surface area contributed by atoms with Crippen LogP contribution in [0.15, 0.2) is 36.5 Å². The van der Waals surface area contributed by atoms with Gasteiger partial charge in [0.1, 0.15) is 6.07 Å². The van der Waals surface area contributed by atoms with Crippen molar-refractivity contribution in [1.82, 2.24) is 15.2 Å². The second-order valence-electron chi connectivity index (χ2n) is 5.11. The van der Waals surface area contributed by atoms with Crippen molar-refractivity contribution in [1.29, 1.82) is 5.26 Å². The number of rotatable bonds is 3. The summed E-state index contributed by atoms with van der Waals surface area (Å²) in [5, 5.41) is 20.1. The molecule has 7 heteroatoms. The van der Waals surface area contributed by atoms with Gasteiger partial charge in [-0.25, -0.2) is 4.98 Å². The fourth-order valence-corrected chi connectivity index (χ4v) is 2.39. The van der Waals surface area contributed by atoms with Gasteiger partial charge in [0.15, 0.2) is 5.69 Å². The second kappa shape index (κ2) is 6.52. The SMILES string of the molecule is Cc1[nH]nc2cc(/C=C/C(=O)Nc3cc(Cl)cnc3C#N)ccc12. The van der Waals surface area contributed by atoms with E-state index in [2.05, 4.69) is 20.5 Å². The molecule has 0 unspecified atom stereocenters. The summed E-state index contributed by atoms with van der Waals surface area (Å²) in [6, 6.07) is 9.11. The molecule has 0 saturated heterocycles. The number of carbonyl (C=O) groups is 1. The summed E-state index contributed by atoms with van der Waals surface area (Å²) in [5.41, 5.74) is 3.05. The Kier molecular flexibility index (Phi) is 4.27. The van der Waals surface area contributed by atoms with Crippen LogP contribution in [0.1, 0.15) is 17.0 Å². The maximum Gasteiger partial charge on any atom is 0.248 e. The summed E-state index contributed by atoms with van der Waals surface area (Å²) in [6.07, 6.45) is 4.40. The van der Waals surface area contributed by atoms with Crippen LogP contribution in [0.3, 0.4) is 0 Å². The Balaban J connectivity index is 1.77. The van der Waals surface area contributed by atoms with Crippen LogP contribution >= 0.6 is 11.6 Å². The lowest BCUT2D eigenvalue weighted by Crippen LogP contribution is -2.09. The summed E-state index contributed by atoms with van der Waals surface area (Å²) >= 11 is 5.84. The average molecular weight is 338 g/mol. The molecular weight excluding hydrogens is 326 g/mol. The lowest BCUT2D eigenvalue weighted by atomic mass is 10.1. The first kappa shape index (κ1) is 15.7. The van der Waals surface area contributed by atoms with Gasteiger partial charge >= 0.3 is 0 Å². The zero-order chi connectivity index (χ0) is 17.1. The van der Waals surface area contributed by atoms with Gasteiger partial charge in [-0.2, -0.15) is 10.4 Å². The van der Waals surface area contributed by atoms with Crippen molar-refractivity contribution in [3.05, 3.63) is 58.5 Å². The molecule has 0 atom stereocenters. The molecule has 6 nitrogen and oxygen atoms in total. The fourth-order valence-electron chi connectivity index (χ4n) is 2.24. The maximum absolute atomic E-state index is 12.0. The van der Waals surface area contributed by atoms with Gasteiger partial charge in [0.2, 0.25) is 5.91 Å². The number of aryl methyl sites for hydroxylation is 1. The predicted molar refractivity (Wildman–Crippen MR) is 92.5 cm³/mol. The maximum atomic E-state index is 12.0. The molecule has 2 N–H and O–H groups in total. The monoisotopic (exact) mass is 337 g/mol. The van der Waals surface area contributed by atoms with Crippen molar-refractivity contribution >= 4 is 40.2 Å². The predicted octanol–water partition coefficient (Wildman–Crippen LogP) is 3.44. The van der Waals surface area contributed by atoms with E-state index in [0.717, 1.165) is 22.2 Å². The highest BCUT2D eigenvalue weighted by molar-refractivity contribution is 6.30. The van der Waals surface area contributed by atoms with E-state index in [1.807, 2.05) is 31.2 Å². The van der Waals surface area contributed by atoms with E-state index in [9.17, 15) is 4.79 Å². The summed E-state index contributed by atoms with van der Waals surface area (Å²) in [6.45, 7) is 1.95. The van der Waals surface area contributed by atoms with E-state index in [4.69, 9.17) is 16.9 Å². The number of anilines is 1. The Labute approximate surface area is 142 Å². The molecule has 118 valence electrons. The first-order valence-electron chi connectivity index (χ1n) is 7.06. The lowest BCUT2D eigenvalue weighted by Gasteiger charge is -2.04. The molecule has 0 aliphatic rings. The number of fused-ring (bicyclic) bond motifs is 1. The lowest BCUT2D eigenvalue weighted by molar-refractivity contribution is -0.111. The average Bonchev–Trinajstić information content (AvgIpc) is 2.94. The summed E-state index contributed by atoms with van der Waals surface area (Å²) in [7, 11) is 0. The molecule has 0 aliphatic carbocycles. The number of aromatic amines is 1. The van der Waals surface area contributed by atoms with E-state index in [1.54, 1.807) is 6.08 Å². The zero-order valence-electron chi connectivity index (χ0n) is 12.7. The third kappa shape index (κ3) is 3.26. The van der Waals surface area contributed by atoms with Crippen molar-refractivity contribution in [2.75, 3.05) is 5.32 Å². The van der Waals surface area contributed by atoms with Crippen LogP contribution in [0.5, 0.6) is 0 Å². The number of hydrogen-bond donors (Lipinski definition) is 2. The highest BCUT2D eigenvalue weighted by Gasteiger charge is 2.07. The third-order valence-corrected chi connectivity index (χ3v) is 3.62. The summed E-state index contributed by atoms with van der Waals surface area (Å²) in [5.74, 6) is -0.381. The summed E-state index contributed by atoms with van der Waals surface area (Å²) in [4.78, 5) is 15.9. The molecule has 3 aromatic rings. The van der Waals surface area contributed by atoms with Gasteiger partial charge in [-0.1, -0.05) is 23.7 Å². The van der Waals surface area contributed by atoms with E-state index in [1.165, 1.54) is 18.3 Å². The molecule has 1 amide bonds. The van der Waals surface area contributed by atoms with Crippen molar-refractivity contribution in [3.8, 4) is 6.07 Å². The number of carbonyl (C=O) groups excluding carboxylic acids is 1. The van der Waals surface area contributed by atoms with E-state index in [0.29, 0.717) is 5.02 Å². The number of amides is 1. The molecule has 1 aromatic carbocycles. The zero-order valence-corrected chi connectivity index (χ0v) is 13.4. The van der Waals surface area contributed by atoms with Gasteiger partial charge in [0, 0.05) is 23.4 Å². The van der Waals surface area contributed by atoms with Crippen molar-refractivity contribution in [3.63, 3.8) is 0 Å². The largest absolute Gasteiger partial charge is 0.320 e. The Morgan fingerprint density at radius 3 is 3.04 bits per heavy atom. The Hall–Kier alpha value is -3.17. The van der Waals surface area contributed by atoms with Gasteiger partial charge in [-0.3, -0.25) is 9.89 Å². The Morgan fingerprint density at radius 2 is 2.25 bits per heavy atom. The van der Waals surface area contributed by atoms with Gasteiger partial charge < -0.3 is 5.32 Å². The highest BCUT2D eigenvalue weighted by Crippen LogP contribution is 2.19. The van der Waals surface area contributed by atoms with Crippen LogP contribution in [-0.2, 0) is 4.79 Å². The van der Waals surface area contributed by atoms with Crippen LogP contribution < -0.4 is 5.32 Å². The molecule has 24 heavy (non-hydrogen) atoms. The van der Waals surface area contributed by atoms with Crippen LogP contribution in [0.25, 0.3) is 17.0 Å². The number of hydrogen-bond acceptors (Lipinski definition) is 4. The number of benzene rings is 1. The van der Waals surface area contributed by atoms with E-state index in [-0.39, 0.29) is 17.3 Å². The number of halogens is 1. The topological polar surface area (TPSA) is 94.5 Å². The normalized spacial score (nSPS) is 10.9. The van der Waals surface area contributed by atoms with Crippen molar-refractivity contribution < 1.29 is 4.79 Å². The standard InChI is InChI=1S/C17H12ClN5O/c1-10-13-4-2-11(6-14(13)23-22-10)3-5-17(24)21-15-7-12(18)9-20-16(15)8-19/h2-7,9H,1H3,(H,21,24)(H,22,23)/b5-3+. The smallest absolute Gasteiger partial charge is 0.248 e. The van der Waals surface area contributed by atoms with Gasteiger partial charge in [0.05, 0.1) is 16.2 Å². The Bertz CT molecular complexity index is 1000. The van der Waals surface area contributed by atoms with E-state index < -0.39 is 0 Å². The molecular formula is C17H12ClN5O. The van der Waals surface area contributed by atoms with Crippen LogP contribution in [-0.4, -0.2) is 21.1 Å². The molecule has 3 rings (SSSR count). The number of nitrogens with zero attached hydrogens (tertiary/aromatic N) is 3. The van der Waals surface area contributed by atoms with Crippen molar-refractivity contribution in [2.24, 2.45) is 0 Å². The molecule has 2 aromatic heterocycles. The van der Waals surface area contributed by atoms with Gasteiger partial charge in [-0.05, 0) is 30.7 Å². The summed E-state index contributed by atoms with van der Waals surface area (Å²) < 4.78 is 0. The molecule has 0 fully saturated rings. The number of nitriles is 1. The molecule has 2 heterocycles. The third-order valence-electron chi connectivity index (χ3n) is 3.42. The van der Waals surface area contributed by atoms with Crippen LogP contribution in [0.4, 0.5) is 5.69 Å². The minimum atomic E-state index is -0.381. The second-order valence-corrected chi connectivity index (χ2v) is 5.55. The molecule has 0 saturated carbocycles. The first-order valence-corrected chi connectivity index (χ1v) is 7.44. The van der Waals surface area contributed by atoms with Gasteiger partial charge in [-0.15, -0.1) is 0 Å².